The van der Waals surface area contributed by atoms with Gasteiger partial charge in [0.2, 0.25) is 0 Å². The molecule has 128 valence electrons. The van der Waals surface area contributed by atoms with E-state index in [4.69, 9.17) is 9.47 Å². The molecule has 1 aliphatic heterocycles. The van der Waals surface area contributed by atoms with Crippen LogP contribution in [0, 0.1) is 17.2 Å². The molecule has 26 heavy (non-hydrogen) atoms. The van der Waals surface area contributed by atoms with E-state index >= 15 is 0 Å². The third-order valence-corrected chi connectivity index (χ3v) is 4.63. The molecule has 1 aliphatic rings. The smallest absolute Gasteiger partial charge is 0.339 e. The lowest BCUT2D eigenvalue weighted by Gasteiger charge is -2.14. The summed E-state index contributed by atoms with van der Waals surface area (Å²) in [5, 5.41) is 12.4. The van der Waals surface area contributed by atoms with Crippen molar-refractivity contribution in [1.29, 1.82) is 5.26 Å². The van der Waals surface area contributed by atoms with Crippen molar-refractivity contribution in [2.75, 3.05) is 13.2 Å². The van der Waals surface area contributed by atoms with Crippen LogP contribution in [0.5, 0.6) is 0 Å². The van der Waals surface area contributed by atoms with E-state index in [1.165, 1.54) is 0 Å². The van der Waals surface area contributed by atoms with Crippen molar-refractivity contribution in [3.8, 4) is 6.07 Å². The third kappa shape index (κ3) is 2.66. The van der Waals surface area contributed by atoms with Crippen LogP contribution < -0.4 is 0 Å². The lowest BCUT2D eigenvalue weighted by molar-refractivity contribution is -0.137. The first-order valence-corrected chi connectivity index (χ1v) is 8.35. The summed E-state index contributed by atoms with van der Waals surface area (Å²) in [4.78, 5) is 24.1. The summed E-state index contributed by atoms with van der Waals surface area (Å²) >= 11 is 0. The van der Waals surface area contributed by atoms with Gasteiger partial charge in [0.15, 0.2) is 0 Å². The Morgan fingerprint density at radius 1 is 1.08 bits per heavy atom. The lowest BCUT2D eigenvalue weighted by atomic mass is 9.92. The average Bonchev–Trinajstić information content (AvgIpc) is 3.09. The second-order valence-corrected chi connectivity index (χ2v) is 6.30. The van der Waals surface area contributed by atoms with Crippen LogP contribution in [0.1, 0.15) is 22.3 Å². The van der Waals surface area contributed by atoms with Crippen LogP contribution in [0.3, 0.4) is 0 Å². The van der Waals surface area contributed by atoms with Crippen LogP contribution in [0.4, 0.5) is 0 Å². The molecule has 1 fully saturated rings. The zero-order valence-electron chi connectivity index (χ0n) is 13.9. The first-order valence-electron chi connectivity index (χ1n) is 8.35. The third-order valence-electron chi connectivity index (χ3n) is 4.63. The Hall–Kier alpha value is -3.39. The summed E-state index contributed by atoms with van der Waals surface area (Å²) in [5.41, 5.74) is 0.989. The molecule has 1 atom stereocenters. The van der Waals surface area contributed by atoms with Gasteiger partial charge < -0.3 is 9.47 Å². The summed E-state index contributed by atoms with van der Waals surface area (Å²) in [7, 11) is 0. The molecule has 0 aromatic heterocycles. The van der Waals surface area contributed by atoms with Crippen molar-refractivity contribution in [3.63, 3.8) is 0 Å². The van der Waals surface area contributed by atoms with Crippen molar-refractivity contribution in [3.05, 3.63) is 59.7 Å². The molecule has 0 saturated carbocycles. The molecule has 1 unspecified atom stereocenters. The van der Waals surface area contributed by atoms with Gasteiger partial charge in [-0.2, -0.15) is 5.26 Å². The van der Waals surface area contributed by atoms with Crippen molar-refractivity contribution in [2.45, 2.75) is 6.42 Å². The van der Waals surface area contributed by atoms with E-state index in [9.17, 15) is 14.9 Å². The Balaban J connectivity index is 1.81. The number of ether oxygens (including phenoxy) is 2. The molecule has 5 heteroatoms. The highest BCUT2D eigenvalue weighted by atomic mass is 16.6. The number of fused-ring (bicyclic) bond motifs is 2. The molecular weight excluding hydrogens is 330 g/mol. The number of cyclic esters (lactones) is 1. The number of rotatable bonds is 3. The van der Waals surface area contributed by atoms with Crippen molar-refractivity contribution in [1.82, 2.24) is 0 Å². The standard InChI is InChI=1S/C21H15NO4/c22-10-18-14-5-1-3-7-16(14)20(17-8-4-2-6-15(17)18)21(24)26-12-13-9-19(23)25-11-13/h1-8,13H,9,11-12H2. The van der Waals surface area contributed by atoms with Crippen LogP contribution in [0.25, 0.3) is 21.5 Å². The minimum absolute atomic E-state index is 0.109. The normalized spacial score (nSPS) is 16.4. The molecule has 5 nitrogen and oxygen atoms in total. The topological polar surface area (TPSA) is 76.4 Å². The Kier molecular flexibility index (Phi) is 4.02. The summed E-state index contributed by atoms with van der Waals surface area (Å²) in [6, 6.07) is 16.9. The zero-order valence-corrected chi connectivity index (χ0v) is 13.9. The van der Waals surface area contributed by atoms with Gasteiger partial charge in [-0.15, -0.1) is 0 Å². The van der Waals surface area contributed by atoms with E-state index in [-0.39, 0.29) is 31.5 Å². The molecule has 0 aliphatic carbocycles. The number of nitrogens with zero attached hydrogens (tertiary/aromatic N) is 1. The summed E-state index contributed by atoms with van der Waals surface area (Å²) in [5.74, 6) is -0.830. The van der Waals surface area contributed by atoms with Gasteiger partial charge in [-0.3, -0.25) is 4.79 Å². The van der Waals surface area contributed by atoms with Crippen LogP contribution in [-0.4, -0.2) is 25.2 Å². The monoisotopic (exact) mass is 345 g/mol. The average molecular weight is 345 g/mol. The molecule has 1 saturated heterocycles. The Bertz CT molecular complexity index is 1020. The van der Waals surface area contributed by atoms with Gasteiger partial charge in [-0.25, -0.2) is 4.79 Å². The number of benzene rings is 3. The molecule has 3 aromatic rings. The number of esters is 2. The number of carbonyl (C=O) groups excluding carboxylic acids is 2. The fourth-order valence-corrected chi connectivity index (χ4v) is 3.41. The molecule has 0 N–H and O–H groups in total. The molecule has 0 spiro atoms. The molecular formula is C21H15NO4. The SMILES string of the molecule is N#Cc1c2ccccc2c(C(=O)OCC2COC(=O)C2)c2ccccc12. The van der Waals surface area contributed by atoms with E-state index in [2.05, 4.69) is 6.07 Å². The highest BCUT2D eigenvalue weighted by Gasteiger charge is 2.26. The van der Waals surface area contributed by atoms with Gasteiger partial charge in [-0.05, 0) is 10.8 Å². The number of carbonyl (C=O) groups is 2. The maximum atomic E-state index is 12.9. The summed E-state index contributed by atoms with van der Waals surface area (Å²) in [6.07, 6.45) is 0.266. The maximum absolute atomic E-state index is 12.9. The minimum Gasteiger partial charge on any atom is -0.465 e. The second-order valence-electron chi connectivity index (χ2n) is 6.30. The number of hydrogen-bond donors (Lipinski definition) is 0. The first kappa shape index (κ1) is 16.1. The Morgan fingerprint density at radius 3 is 2.15 bits per heavy atom. The van der Waals surface area contributed by atoms with Gasteiger partial charge in [0, 0.05) is 16.7 Å². The molecule has 0 amide bonds. The van der Waals surface area contributed by atoms with Gasteiger partial charge in [0.1, 0.15) is 6.07 Å². The zero-order chi connectivity index (χ0) is 18.1. The van der Waals surface area contributed by atoms with E-state index in [1.807, 2.05) is 48.5 Å². The van der Waals surface area contributed by atoms with E-state index in [1.54, 1.807) is 0 Å². The van der Waals surface area contributed by atoms with Crippen LogP contribution in [0.2, 0.25) is 0 Å². The molecule has 3 aromatic carbocycles. The second kappa shape index (κ2) is 6.49. The first-order chi connectivity index (χ1) is 12.7. The molecule has 0 bridgehead atoms. The highest BCUT2D eigenvalue weighted by molar-refractivity contribution is 6.19. The Morgan fingerprint density at radius 2 is 1.65 bits per heavy atom. The van der Waals surface area contributed by atoms with Crippen molar-refractivity contribution >= 4 is 33.5 Å². The lowest BCUT2D eigenvalue weighted by Crippen LogP contribution is -2.15. The van der Waals surface area contributed by atoms with Crippen LogP contribution in [0.15, 0.2) is 48.5 Å². The van der Waals surface area contributed by atoms with Crippen molar-refractivity contribution < 1.29 is 19.1 Å². The van der Waals surface area contributed by atoms with Gasteiger partial charge in [0.25, 0.3) is 0 Å². The predicted octanol–water partition coefficient (Wildman–Crippen LogP) is 3.58. The van der Waals surface area contributed by atoms with E-state index < -0.39 is 5.97 Å². The van der Waals surface area contributed by atoms with E-state index in [0.29, 0.717) is 21.9 Å². The van der Waals surface area contributed by atoms with Gasteiger partial charge in [0.05, 0.1) is 30.8 Å². The Labute approximate surface area is 149 Å². The van der Waals surface area contributed by atoms with Crippen molar-refractivity contribution in [2.24, 2.45) is 5.92 Å². The number of hydrogen-bond acceptors (Lipinski definition) is 5. The van der Waals surface area contributed by atoms with Gasteiger partial charge >= 0.3 is 11.9 Å². The number of nitriles is 1. The van der Waals surface area contributed by atoms with Gasteiger partial charge in [-0.1, -0.05) is 48.5 Å². The molecule has 1 heterocycles. The van der Waals surface area contributed by atoms with Crippen LogP contribution >= 0.6 is 0 Å². The summed E-state index contributed by atoms with van der Waals surface area (Å²) < 4.78 is 10.4. The highest BCUT2D eigenvalue weighted by Crippen LogP contribution is 2.33. The predicted molar refractivity (Wildman–Crippen MR) is 95.5 cm³/mol. The quantitative estimate of drug-likeness (QED) is 0.536. The molecule has 0 radical (unpaired) electrons. The fourth-order valence-electron chi connectivity index (χ4n) is 3.41. The van der Waals surface area contributed by atoms with E-state index in [0.717, 1.165) is 10.8 Å². The summed E-state index contributed by atoms with van der Waals surface area (Å²) in [6.45, 7) is 0.411. The largest absolute Gasteiger partial charge is 0.465 e. The maximum Gasteiger partial charge on any atom is 0.339 e. The minimum atomic E-state index is -0.457. The molecule has 4 rings (SSSR count). The van der Waals surface area contributed by atoms with Crippen LogP contribution in [-0.2, 0) is 14.3 Å². The fraction of sp³-hybridized carbons (Fsp3) is 0.190.